The van der Waals surface area contributed by atoms with Crippen molar-refractivity contribution in [1.82, 2.24) is 0 Å². The molecule has 1 fully saturated rings. The first-order valence-corrected chi connectivity index (χ1v) is 5.81. The van der Waals surface area contributed by atoms with Gasteiger partial charge < -0.3 is 4.74 Å². The number of hydrogen-bond donors (Lipinski definition) is 0. The number of halogens is 3. The molecular weight excluding hydrogens is 245 g/mol. The van der Waals surface area contributed by atoms with E-state index in [9.17, 15) is 18.0 Å². The second kappa shape index (κ2) is 5.00. The van der Waals surface area contributed by atoms with E-state index < -0.39 is 11.7 Å². The molecule has 98 valence electrons. The predicted molar refractivity (Wildman–Crippen MR) is 59.3 cm³/mol. The summed E-state index contributed by atoms with van der Waals surface area (Å²) in [5.41, 5.74) is -0.716. The lowest BCUT2D eigenvalue weighted by Crippen LogP contribution is -2.24. The van der Waals surface area contributed by atoms with Crippen LogP contribution >= 0.6 is 0 Å². The number of alkyl halides is 3. The Kier molecular flexibility index (Phi) is 3.59. The molecule has 1 aliphatic carbocycles. The van der Waals surface area contributed by atoms with Crippen LogP contribution in [0.1, 0.15) is 31.2 Å². The second-order valence-corrected chi connectivity index (χ2v) is 4.38. The Morgan fingerprint density at radius 2 is 1.83 bits per heavy atom. The Morgan fingerprint density at radius 3 is 2.44 bits per heavy atom. The molecule has 0 amide bonds. The van der Waals surface area contributed by atoms with Gasteiger partial charge in [-0.1, -0.05) is 6.07 Å². The number of ketones is 1. The zero-order valence-corrected chi connectivity index (χ0v) is 9.67. The molecule has 0 atom stereocenters. The fraction of sp³-hybridized carbons (Fsp3) is 0.462. The molecule has 1 saturated carbocycles. The number of Topliss-reactive ketones (excluding diaryl/α,β-unsaturated/α-hetero) is 1. The van der Waals surface area contributed by atoms with Crippen LogP contribution in [-0.4, -0.2) is 11.9 Å². The van der Waals surface area contributed by atoms with Crippen molar-refractivity contribution in [3.63, 3.8) is 0 Å². The lowest BCUT2D eigenvalue weighted by Gasteiger charge is -2.22. The quantitative estimate of drug-likeness (QED) is 0.810. The first-order valence-electron chi connectivity index (χ1n) is 5.81. The minimum absolute atomic E-state index is 0.161. The summed E-state index contributed by atoms with van der Waals surface area (Å²) in [5, 5.41) is 0. The van der Waals surface area contributed by atoms with E-state index in [4.69, 9.17) is 4.74 Å². The molecule has 0 saturated heterocycles. The highest BCUT2D eigenvalue weighted by molar-refractivity contribution is 5.79. The van der Waals surface area contributed by atoms with Gasteiger partial charge in [0.1, 0.15) is 11.5 Å². The van der Waals surface area contributed by atoms with Gasteiger partial charge in [0.25, 0.3) is 0 Å². The van der Waals surface area contributed by atoms with Crippen molar-refractivity contribution in [2.24, 2.45) is 0 Å². The van der Waals surface area contributed by atoms with Crippen molar-refractivity contribution < 1.29 is 22.7 Å². The van der Waals surface area contributed by atoms with Crippen LogP contribution in [0.3, 0.4) is 0 Å². The van der Waals surface area contributed by atoms with Crippen molar-refractivity contribution in [3.8, 4) is 5.75 Å². The van der Waals surface area contributed by atoms with Gasteiger partial charge in [-0.25, -0.2) is 0 Å². The highest BCUT2D eigenvalue weighted by atomic mass is 19.4. The van der Waals surface area contributed by atoms with Gasteiger partial charge in [0.05, 0.1) is 11.7 Å². The number of rotatable bonds is 2. The molecule has 0 N–H and O–H groups in total. The number of benzene rings is 1. The number of ether oxygens (including phenoxy) is 1. The van der Waals surface area contributed by atoms with E-state index in [1.807, 2.05) is 0 Å². The van der Waals surface area contributed by atoms with Crippen LogP contribution < -0.4 is 4.74 Å². The molecule has 0 unspecified atom stereocenters. The third-order valence-corrected chi connectivity index (χ3v) is 2.95. The summed E-state index contributed by atoms with van der Waals surface area (Å²) in [6, 6.07) is 4.84. The van der Waals surface area contributed by atoms with Gasteiger partial charge in [-0.2, -0.15) is 13.2 Å². The highest BCUT2D eigenvalue weighted by Crippen LogP contribution is 2.32. The lowest BCUT2D eigenvalue weighted by molar-refractivity contribution is -0.137. The number of carbonyl (C=O) groups is 1. The maximum atomic E-state index is 12.5. The Balaban J connectivity index is 2.03. The van der Waals surface area contributed by atoms with Crippen LogP contribution in [0.4, 0.5) is 13.2 Å². The van der Waals surface area contributed by atoms with Crippen LogP contribution in [-0.2, 0) is 11.0 Å². The topological polar surface area (TPSA) is 26.3 Å². The van der Waals surface area contributed by atoms with E-state index in [1.54, 1.807) is 0 Å². The molecular formula is C13H13F3O2. The van der Waals surface area contributed by atoms with Gasteiger partial charge in [-0.15, -0.1) is 0 Å². The monoisotopic (exact) mass is 258 g/mol. The van der Waals surface area contributed by atoms with Crippen LogP contribution in [0.25, 0.3) is 0 Å². The zero-order chi connectivity index (χ0) is 13.2. The van der Waals surface area contributed by atoms with E-state index in [2.05, 4.69) is 0 Å². The first kappa shape index (κ1) is 12.9. The lowest BCUT2D eigenvalue weighted by atomic mass is 9.96. The summed E-state index contributed by atoms with van der Waals surface area (Å²) in [7, 11) is 0. The molecule has 5 heteroatoms. The molecule has 0 radical (unpaired) electrons. The van der Waals surface area contributed by atoms with Crippen molar-refractivity contribution in [2.45, 2.75) is 38.0 Å². The summed E-state index contributed by atoms with van der Waals surface area (Å²) < 4.78 is 43.0. The molecule has 2 rings (SSSR count). The van der Waals surface area contributed by atoms with Crippen LogP contribution in [0.5, 0.6) is 5.75 Å². The predicted octanol–water partition coefficient (Wildman–Crippen LogP) is 3.60. The Morgan fingerprint density at radius 1 is 1.17 bits per heavy atom. The maximum Gasteiger partial charge on any atom is 0.416 e. The average molecular weight is 258 g/mol. The SMILES string of the molecule is O=C1CCC(Oc2cccc(C(F)(F)F)c2)CC1. The van der Waals surface area contributed by atoms with Gasteiger partial charge in [0.2, 0.25) is 0 Å². The smallest absolute Gasteiger partial charge is 0.416 e. The van der Waals surface area contributed by atoms with Crippen molar-refractivity contribution in [1.29, 1.82) is 0 Å². The zero-order valence-electron chi connectivity index (χ0n) is 9.67. The maximum absolute atomic E-state index is 12.5. The van der Waals surface area contributed by atoms with E-state index in [1.165, 1.54) is 12.1 Å². The van der Waals surface area contributed by atoms with Gasteiger partial charge in [-0.05, 0) is 31.0 Å². The molecule has 0 aliphatic heterocycles. The minimum Gasteiger partial charge on any atom is -0.490 e. The first-order chi connectivity index (χ1) is 8.45. The van der Waals surface area contributed by atoms with Gasteiger partial charge in [0, 0.05) is 12.8 Å². The van der Waals surface area contributed by atoms with Gasteiger partial charge in [0.15, 0.2) is 0 Å². The summed E-state index contributed by atoms with van der Waals surface area (Å²) in [5.74, 6) is 0.406. The fourth-order valence-electron chi connectivity index (χ4n) is 1.97. The van der Waals surface area contributed by atoms with Crippen molar-refractivity contribution in [3.05, 3.63) is 29.8 Å². The Hall–Kier alpha value is -1.52. The van der Waals surface area contributed by atoms with Crippen molar-refractivity contribution >= 4 is 5.78 Å². The summed E-state index contributed by atoms with van der Waals surface area (Å²) in [6.07, 6.45) is -2.47. The summed E-state index contributed by atoms with van der Waals surface area (Å²) >= 11 is 0. The Labute approximate surface area is 103 Å². The molecule has 0 bridgehead atoms. The molecule has 1 aliphatic rings. The third kappa shape index (κ3) is 3.24. The molecule has 0 heterocycles. The Bertz CT molecular complexity index is 430. The molecule has 0 aromatic heterocycles. The van der Waals surface area contributed by atoms with E-state index >= 15 is 0 Å². The second-order valence-electron chi connectivity index (χ2n) is 4.38. The normalized spacial score (nSPS) is 17.8. The van der Waals surface area contributed by atoms with Gasteiger partial charge >= 0.3 is 6.18 Å². The van der Waals surface area contributed by atoms with Crippen LogP contribution in [0.15, 0.2) is 24.3 Å². The molecule has 18 heavy (non-hydrogen) atoms. The molecule has 1 aromatic carbocycles. The van der Waals surface area contributed by atoms with Crippen LogP contribution in [0, 0.1) is 0 Å². The molecule has 0 spiro atoms. The standard InChI is InChI=1S/C13H13F3O2/c14-13(15,16)9-2-1-3-12(8-9)18-11-6-4-10(17)5-7-11/h1-3,8,11H,4-7H2. The van der Waals surface area contributed by atoms with Crippen molar-refractivity contribution in [2.75, 3.05) is 0 Å². The number of carbonyl (C=O) groups excluding carboxylic acids is 1. The van der Waals surface area contributed by atoms with E-state index in [0.717, 1.165) is 12.1 Å². The number of hydrogen-bond acceptors (Lipinski definition) is 2. The fourth-order valence-corrected chi connectivity index (χ4v) is 1.97. The minimum atomic E-state index is -4.36. The average Bonchev–Trinajstić information content (AvgIpc) is 2.31. The third-order valence-electron chi connectivity index (χ3n) is 2.95. The summed E-state index contributed by atoms with van der Waals surface area (Å²) in [4.78, 5) is 11.0. The van der Waals surface area contributed by atoms with Crippen LogP contribution in [0.2, 0.25) is 0 Å². The highest BCUT2D eigenvalue weighted by Gasteiger charge is 2.31. The van der Waals surface area contributed by atoms with E-state index in [0.29, 0.717) is 25.7 Å². The molecule has 2 nitrogen and oxygen atoms in total. The summed E-state index contributed by atoms with van der Waals surface area (Å²) in [6.45, 7) is 0. The van der Waals surface area contributed by atoms with E-state index in [-0.39, 0.29) is 17.6 Å². The van der Waals surface area contributed by atoms with Gasteiger partial charge in [-0.3, -0.25) is 4.79 Å². The molecule has 1 aromatic rings. The largest absolute Gasteiger partial charge is 0.490 e.